The normalized spacial score (nSPS) is 13.8. The standard InChI is InChI=1S/C36H34S4Si2/c1-41(2,3)31-19-29(27-17-23-15-21-11-7-9-13-25(21)33(23)37-27)39-35(31)36-32(42(4,5)6)20-30(40-36)28-18-24-16-22-12-8-10-14-26(22)34(24)38-28/h7-14,17-20H,15-16H2,1-6H3. The van der Waals surface area contributed by atoms with E-state index in [2.05, 4.69) is 135 Å². The Kier molecular flexibility index (Phi) is 6.22. The summed E-state index contributed by atoms with van der Waals surface area (Å²) in [6, 6.07) is 28.1. The molecule has 2 aliphatic carbocycles. The molecule has 210 valence electrons. The molecular weight excluding hydrogens is 617 g/mol. The van der Waals surface area contributed by atoms with E-state index in [9.17, 15) is 0 Å². The van der Waals surface area contributed by atoms with Crippen molar-refractivity contribution in [2.75, 3.05) is 0 Å². The maximum Gasteiger partial charge on any atom is 0.0795 e. The number of benzene rings is 2. The van der Waals surface area contributed by atoms with Gasteiger partial charge in [0.2, 0.25) is 0 Å². The Balaban J connectivity index is 1.25. The zero-order valence-electron chi connectivity index (χ0n) is 25.0. The average Bonchev–Trinajstić information content (AvgIpc) is 3.74. The third kappa shape index (κ3) is 4.37. The van der Waals surface area contributed by atoms with Crippen molar-refractivity contribution < 1.29 is 0 Å². The first-order chi connectivity index (χ1) is 20.0. The van der Waals surface area contributed by atoms with Gasteiger partial charge in [-0.3, -0.25) is 0 Å². The van der Waals surface area contributed by atoms with Gasteiger partial charge in [-0.15, -0.1) is 45.3 Å². The Morgan fingerprint density at radius 1 is 0.429 bits per heavy atom. The van der Waals surface area contributed by atoms with Crippen LogP contribution in [0.3, 0.4) is 0 Å². The van der Waals surface area contributed by atoms with Crippen LogP contribution >= 0.6 is 45.3 Å². The van der Waals surface area contributed by atoms with Crippen LogP contribution in [0.4, 0.5) is 0 Å². The van der Waals surface area contributed by atoms with E-state index in [1.807, 2.05) is 22.7 Å². The minimum atomic E-state index is -1.58. The lowest BCUT2D eigenvalue weighted by Crippen LogP contribution is -2.41. The first-order valence-electron chi connectivity index (χ1n) is 14.8. The van der Waals surface area contributed by atoms with Gasteiger partial charge in [0.1, 0.15) is 0 Å². The predicted molar refractivity (Wildman–Crippen MR) is 197 cm³/mol. The molecule has 0 atom stereocenters. The number of hydrogen-bond acceptors (Lipinski definition) is 4. The number of thiophene rings is 4. The van der Waals surface area contributed by atoms with Gasteiger partial charge in [-0.05, 0) is 80.9 Å². The van der Waals surface area contributed by atoms with Gasteiger partial charge in [0.25, 0.3) is 0 Å². The van der Waals surface area contributed by atoms with E-state index in [1.165, 1.54) is 62.6 Å². The van der Waals surface area contributed by atoms with Crippen LogP contribution in [0.1, 0.15) is 22.3 Å². The summed E-state index contributed by atoms with van der Waals surface area (Å²) in [7, 11) is -3.17. The Bertz CT molecular complexity index is 1870. The van der Waals surface area contributed by atoms with E-state index >= 15 is 0 Å². The van der Waals surface area contributed by atoms with Gasteiger partial charge in [0, 0.05) is 39.0 Å². The summed E-state index contributed by atoms with van der Waals surface area (Å²) in [6.45, 7) is 15.1. The van der Waals surface area contributed by atoms with Crippen molar-refractivity contribution in [2.24, 2.45) is 0 Å². The Morgan fingerprint density at radius 3 is 1.19 bits per heavy atom. The molecule has 0 saturated heterocycles. The zero-order valence-corrected chi connectivity index (χ0v) is 30.2. The van der Waals surface area contributed by atoms with Crippen LogP contribution in [0, 0.1) is 0 Å². The molecule has 0 nitrogen and oxygen atoms in total. The molecule has 0 amide bonds. The van der Waals surface area contributed by atoms with Crippen molar-refractivity contribution in [3.63, 3.8) is 0 Å². The molecule has 8 rings (SSSR count). The fraction of sp³-hybridized carbons (Fsp3) is 0.222. The second kappa shape index (κ2) is 9.59. The smallest absolute Gasteiger partial charge is 0.0795 e. The first-order valence-corrected chi connectivity index (χ1v) is 25.0. The fourth-order valence-electron chi connectivity index (χ4n) is 6.50. The largest absolute Gasteiger partial charge is 0.134 e. The second-order valence-corrected chi connectivity index (χ2v) is 28.1. The molecule has 0 spiro atoms. The maximum atomic E-state index is 2.59. The van der Waals surface area contributed by atoms with Crippen molar-refractivity contribution in [1.29, 1.82) is 0 Å². The topological polar surface area (TPSA) is 0 Å². The van der Waals surface area contributed by atoms with Gasteiger partial charge < -0.3 is 0 Å². The molecule has 6 heteroatoms. The molecule has 4 aromatic heterocycles. The van der Waals surface area contributed by atoms with Crippen LogP contribution in [-0.2, 0) is 12.8 Å². The number of hydrogen-bond donors (Lipinski definition) is 0. The molecule has 0 saturated carbocycles. The second-order valence-electron chi connectivity index (χ2n) is 13.8. The van der Waals surface area contributed by atoms with Crippen LogP contribution < -0.4 is 10.4 Å². The molecule has 0 bridgehead atoms. The highest BCUT2D eigenvalue weighted by molar-refractivity contribution is 7.31. The molecule has 0 radical (unpaired) electrons. The van der Waals surface area contributed by atoms with E-state index in [0.29, 0.717) is 0 Å². The highest BCUT2D eigenvalue weighted by atomic mass is 32.1. The molecule has 0 aliphatic heterocycles. The van der Waals surface area contributed by atoms with Crippen LogP contribution in [-0.4, -0.2) is 16.1 Å². The summed E-state index contributed by atoms with van der Waals surface area (Å²) < 4.78 is 0. The van der Waals surface area contributed by atoms with Crippen LogP contribution in [0.25, 0.3) is 50.1 Å². The highest BCUT2D eigenvalue weighted by Gasteiger charge is 2.32. The van der Waals surface area contributed by atoms with E-state index in [-0.39, 0.29) is 0 Å². The minimum absolute atomic E-state index is 1.07. The zero-order chi connectivity index (χ0) is 29.0. The molecule has 2 aromatic carbocycles. The van der Waals surface area contributed by atoms with Crippen LogP contribution in [0.2, 0.25) is 39.3 Å². The Hall–Kier alpha value is -2.33. The van der Waals surface area contributed by atoms with Gasteiger partial charge in [-0.1, -0.05) is 87.8 Å². The van der Waals surface area contributed by atoms with E-state index in [0.717, 1.165) is 12.8 Å². The van der Waals surface area contributed by atoms with Crippen molar-refractivity contribution in [1.82, 2.24) is 0 Å². The van der Waals surface area contributed by atoms with Gasteiger partial charge >= 0.3 is 0 Å². The predicted octanol–water partition coefficient (Wildman–Crippen LogP) is 11.2. The minimum Gasteiger partial charge on any atom is -0.134 e. The number of rotatable bonds is 5. The van der Waals surface area contributed by atoms with Crippen molar-refractivity contribution in [3.05, 3.63) is 95.1 Å². The third-order valence-electron chi connectivity index (χ3n) is 8.68. The molecule has 0 unspecified atom stereocenters. The summed E-state index contributed by atoms with van der Waals surface area (Å²) in [5.74, 6) is 0. The van der Waals surface area contributed by atoms with Gasteiger partial charge in [-0.2, -0.15) is 0 Å². The summed E-state index contributed by atoms with van der Waals surface area (Å²) in [5, 5.41) is 3.26. The summed E-state index contributed by atoms with van der Waals surface area (Å²) in [5.41, 5.74) is 8.87. The summed E-state index contributed by atoms with van der Waals surface area (Å²) in [4.78, 5) is 11.9. The molecule has 0 fully saturated rings. The molecule has 42 heavy (non-hydrogen) atoms. The maximum absolute atomic E-state index is 2.59. The van der Waals surface area contributed by atoms with E-state index in [4.69, 9.17) is 0 Å². The first kappa shape index (κ1) is 27.2. The van der Waals surface area contributed by atoms with Crippen molar-refractivity contribution >= 4 is 71.9 Å². The van der Waals surface area contributed by atoms with Crippen molar-refractivity contribution in [2.45, 2.75) is 52.1 Å². The van der Waals surface area contributed by atoms with Crippen molar-refractivity contribution in [3.8, 4) is 50.1 Å². The SMILES string of the molecule is C[Si](C)(C)c1cc(-c2cc3c(s2)-c2ccccc2C3)sc1-c1sc(-c2cc3c(s2)-c2ccccc2C3)cc1[Si](C)(C)C. The van der Waals surface area contributed by atoms with E-state index in [1.54, 1.807) is 20.1 Å². The molecule has 0 N–H and O–H groups in total. The lowest BCUT2D eigenvalue weighted by molar-refractivity contribution is 1.27. The Morgan fingerprint density at radius 2 is 0.786 bits per heavy atom. The average molecular weight is 651 g/mol. The third-order valence-corrected chi connectivity index (χ3v) is 18.3. The van der Waals surface area contributed by atoms with Gasteiger partial charge in [-0.25, -0.2) is 0 Å². The molecular formula is C36H34S4Si2. The quantitative estimate of drug-likeness (QED) is 0.163. The fourth-order valence-corrected chi connectivity index (χ4v) is 16.7. The molecule has 6 aromatic rings. The lowest BCUT2D eigenvalue weighted by Gasteiger charge is -2.20. The number of fused-ring (bicyclic) bond motifs is 6. The lowest BCUT2D eigenvalue weighted by atomic mass is 10.1. The van der Waals surface area contributed by atoms with E-state index < -0.39 is 16.1 Å². The van der Waals surface area contributed by atoms with Gasteiger partial charge in [0.05, 0.1) is 16.1 Å². The Labute approximate surface area is 267 Å². The molecule has 2 aliphatic rings. The van der Waals surface area contributed by atoms with Gasteiger partial charge in [0.15, 0.2) is 0 Å². The molecule has 4 heterocycles. The monoisotopic (exact) mass is 650 g/mol. The highest BCUT2D eigenvalue weighted by Crippen LogP contribution is 2.50. The summed E-state index contributed by atoms with van der Waals surface area (Å²) in [6.07, 6.45) is 2.15. The summed E-state index contributed by atoms with van der Waals surface area (Å²) >= 11 is 8.14. The van der Waals surface area contributed by atoms with Crippen LogP contribution in [0.15, 0.2) is 72.8 Å². The van der Waals surface area contributed by atoms with Crippen LogP contribution in [0.5, 0.6) is 0 Å².